The summed E-state index contributed by atoms with van der Waals surface area (Å²) in [6.45, 7) is 4.45. The second-order valence-electron chi connectivity index (χ2n) is 4.31. The summed E-state index contributed by atoms with van der Waals surface area (Å²) in [5, 5.41) is 6.33. The number of aryl methyl sites for hydroxylation is 1. The van der Waals surface area contributed by atoms with E-state index in [4.69, 9.17) is 0 Å². The van der Waals surface area contributed by atoms with E-state index in [0.717, 1.165) is 34.7 Å². The van der Waals surface area contributed by atoms with Crippen LogP contribution in [0, 0.1) is 5.92 Å². The number of thiophene rings is 1. The highest BCUT2D eigenvalue weighted by atomic mass is 32.1. The summed E-state index contributed by atoms with van der Waals surface area (Å²) in [6.07, 6.45) is 2.10. The molecule has 1 N–H and O–H groups in total. The SMILES string of the molecule is CNc1nc(CCC(C)C)nc2sccc12. The molecule has 3 nitrogen and oxygen atoms in total. The van der Waals surface area contributed by atoms with Crippen LogP contribution >= 0.6 is 11.3 Å². The van der Waals surface area contributed by atoms with E-state index in [0.29, 0.717) is 5.92 Å². The molecule has 4 heteroatoms. The van der Waals surface area contributed by atoms with Crippen molar-refractivity contribution >= 4 is 27.4 Å². The van der Waals surface area contributed by atoms with E-state index in [-0.39, 0.29) is 0 Å². The van der Waals surface area contributed by atoms with Gasteiger partial charge in [-0.25, -0.2) is 9.97 Å². The zero-order valence-corrected chi connectivity index (χ0v) is 10.8. The Hall–Kier alpha value is -1.16. The first-order chi connectivity index (χ1) is 7.70. The average molecular weight is 235 g/mol. The summed E-state index contributed by atoms with van der Waals surface area (Å²) in [6, 6.07) is 2.07. The second-order valence-corrected chi connectivity index (χ2v) is 5.20. The zero-order valence-electron chi connectivity index (χ0n) is 9.95. The van der Waals surface area contributed by atoms with Crippen LogP contribution in [0.2, 0.25) is 0 Å². The van der Waals surface area contributed by atoms with Crippen molar-refractivity contribution in [3.8, 4) is 0 Å². The molecule has 2 rings (SSSR count). The van der Waals surface area contributed by atoms with Gasteiger partial charge in [0.25, 0.3) is 0 Å². The first kappa shape index (κ1) is 11.3. The molecule has 0 saturated carbocycles. The Balaban J connectivity index is 2.32. The number of nitrogens with zero attached hydrogens (tertiary/aromatic N) is 2. The topological polar surface area (TPSA) is 37.8 Å². The molecule has 2 aromatic heterocycles. The van der Waals surface area contributed by atoms with Crippen LogP contribution in [0.1, 0.15) is 26.1 Å². The van der Waals surface area contributed by atoms with E-state index in [1.54, 1.807) is 11.3 Å². The zero-order chi connectivity index (χ0) is 11.5. The number of fused-ring (bicyclic) bond motifs is 1. The third kappa shape index (κ3) is 2.32. The summed E-state index contributed by atoms with van der Waals surface area (Å²) in [4.78, 5) is 10.2. The fourth-order valence-electron chi connectivity index (χ4n) is 1.62. The summed E-state index contributed by atoms with van der Waals surface area (Å²) >= 11 is 1.67. The molecule has 0 unspecified atom stereocenters. The summed E-state index contributed by atoms with van der Waals surface area (Å²) in [5.74, 6) is 2.60. The van der Waals surface area contributed by atoms with Crippen molar-refractivity contribution in [1.82, 2.24) is 9.97 Å². The van der Waals surface area contributed by atoms with Gasteiger partial charge in [0.2, 0.25) is 0 Å². The van der Waals surface area contributed by atoms with Gasteiger partial charge in [-0.15, -0.1) is 11.3 Å². The lowest BCUT2D eigenvalue weighted by Gasteiger charge is -2.06. The molecule has 0 fully saturated rings. The molecular weight excluding hydrogens is 218 g/mol. The minimum atomic E-state index is 0.695. The summed E-state index contributed by atoms with van der Waals surface area (Å²) in [7, 11) is 1.91. The van der Waals surface area contributed by atoms with E-state index in [1.807, 2.05) is 7.05 Å². The minimum Gasteiger partial charge on any atom is -0.372 e. The first-order valence-corrected chi connectivity index (χ1v) is 6.50. The lowest BCUT2D eigenvalue weighted by molar-refractivity contribution is 0.576. The molecule has 86 valence electrons. The van der Waals surface area contributed by atoms with E-state index >= 15 is 0 Å². The monoisotopic (exact) mass is 235 g/mol. The van der Waals surface area contributed by atoms with Crippen LogP contribution in [0.3, 0.4) is 0 Å². The highest BCUT2D eigenvalue weighted by Crippen LogP contribution is 2.25. The number of aromatic nitrogens is 2. The maximum Gasteiger partial charge on any atom is 0.138 e. The van der Waals surface area contributed by atoms with Crippen LogP contribution in [0.4, 0.5) is 5.82 Å². The Morgan fingerprint density at radius 3 is 2.88 bits per heavy atom. The Bertz CT molecular complexity index is 476. The largest absolute Gasteiger partial charge is 0.372 e. The van der Waals surface area contributed by atoms with Crippen molar-refractivity contribution in [2.75, 3.05) is 12.4 Å². The minimum absolute atomic E-state index is 0.695. The molecule has 0 amide bonds. The van der Waals surface area contributed by atoms with Crippen molar-refractivity contribution in [2.24, 2.45) is 5.92 Å². The number of hydrogen-bond acceptors (Lipinski definition) is 4. The molecule has 0 aromatic carbocycles. The molecule has 0 radical (unpaired) electrons. The van der Waals surface area contributed by atoms with Crippen LogP contribution in [0.15, 0.2) is 11.4 Å². The van der Waals surface area contributed by atoms with Crippen molar-refractivity contribution in [3.05, 3.63) is 17.3 Å². The molecule has 0 aliphatic carbocycles. The number of hydrogen-bond donors (Lipinski definition) is 1. The van der Waals surface area contributed by atoms with Gasteiger partial charge >= 0.3 is 0 Å². The van der Waals surface area contributed by atoms with Crippen molar-refractivity contribution in [2.45, 2.75) is 26.7 Å². The van der Waals surface area contributed by atoms with Crippen LogP contribution < -0.4 is 5.32 Å². The van der Waals surface area contributed by atoms with Gasteiger partial charge in [-0.05, 0) is 23.8 Å². The van der Waals surface area contributed by atoms with Crippen LogP contribution in [-0.2, 0) is 6.42 Å². The summed E-state index contributed by atoms with van der Waals surface area (Å²) in [5.41, 5.74) is 0. The van der Waals surface area contributed by atoms with E-state index in [2.05, 4.69) is 40.6 Å². The first-order valence-electron chi connectivity index (χ1n) is 5.62. The van der Waals surface area contributed by atoms with E-state index in [9.17, 15) is 0 Å². The van der Waals surface area contributed by atoms with Crippen LogP contribution in [-0.4, -0.2) is 17.0 Å². The Morgan fingerprint density at radius 2 is 2.19 bits per heavy atom. The predicted octanol–water partition coefficient (Wildman–Crippen LogP) is 3.32. The fourth-order valence-corrected chi connectivity index (χ4v) is 2.40. The van der Waals surface area contributed by atoms with Crippen molar-refractivity contribution in [3.63, 3.8) is 0 Å². The Labute approximate surface area is 99.9 Å². The van der Waals surface area contributed by atoms with E-state index in [1.165, 1.54) is 0 Å². The van der Waals surface area contributed by atoms with Crippen LogP contribution in [0.5, 0.6) is 0 Å². The van der Waals surface area contributed by atoms with Gasteiger partial charge in [-0.2, -0.15) is 0 Å². The van der Waals surface area contributed by atoms with Crippen molar-refractivity contribution in [1.29, 1.82) is 0 Å². The number of anilines is 1. The lowest BCUT2D eigenvalue weighted by atomic mass is 10.1. The Kier molecular flexibility index (Phi) is 3.39. The molecule has 0 atom stereocenters. The molecule has 0 aliphatic rings. The molecule has 2 heterocycles. The normalized spacial score (nSPS) is 11.2. The molecule has 0 spiro atoms. The third-order valence-corrected chi connectivity index (χ3v) is 3.36. The maximum absolute atomic E-state index is 4.58. The quantitative estimate of drug-likeness (QED) is 0.883. The van der Waals surface area contributed by atoms with Gasteiger partial charge in [0.15, 0.2) is 0 Å². The molecule has 0 aliphatic heterocycles. The third-order valence-electron chi connectivity index (χ3n) is 2.55. The molecular formula is C12H17N3S. The van der Waals surface area contributed by atoms with Gasteiger partial charge in [-0.1, -0.05) is 13.8 Å². The van der Waals surface area contributed by atoms with Gasteiger partial charge in [0.1, 0.15) is 16.5 Å². The van der Waals surface area contributed by atoms with Crippen LogP contribution in [0.25, 0.3) is 10.2 Å². The summed E-state index contributed by atoms with van der Waals surface area (Å²) < 4.78 is 0. The van der Waals surface area contributed by atoms with Gasteiger partial charge in [0, 0.05) is 13.5 Å². The van der Waals surface area contributed by atoms with Gasteiger partial charge in [-0.3, -0.25) is 0 Å². The second kappa shape index (κ2) is 4.78. The molecule has 0 saturated heterocycles. The molecule has 0 bridgehead atoms. The van der Waals surface area contributed by atoms with Gasteiger partial charge in [0.05, 0.1) is 5.39 Å². The smallest absolute Gasteiger partial charge is 0.138 e. The lowest BCUT2D eigenvalue weighted by Crippen LogP contribution is -2.02. The van der Waals surface area contributed by atoms with E-state index < -0.39 is 0 Å². The fraction of sp³-hybridized carbons (Fsp3) is 0.500. The standard InChI is InChI=1S/C12H17N3S/c1-8(2)4-5-10-14-11(13-3)9-6-7-16-12(9)15-10/h6-8H,4-5H2,1-3H3,(H,13,14,15). The number of nitrogens with one attached hydrogen (secondary N) is 1. The maximum atomic E-state index is 4.58. The molecule has 16 heavy (non-hydrogen) atoms. The Morgan fingerprint density at radius 1 is 1.38 bits per heavy atom. The number of rotatable bonds is 4. The van der Waals surface area contributed by atoms with Gasteiger partial charge < -0.3 is 5.32 Å². The highest BCUT2D eigenvalue weighted by Gasteiger charge is 2.07. The molecule has 2 aromatic rings. The average Bonchev–Trinajstić information content (AvgIpc) is 2.73. The highest BCUT2D eigenvalue weighted by molar-refractivity contribution is 7.16. The predicted molar refractivity (Wildman–Crippen MR) is 70.1 cm³/mol. The van der Waals surface area contributed by atoms with Crippen molar-refractivity contribution < 1.29 is 0 Å².